The first-order valence-corrected chi connectivity index (χ1v) is 7.53. The minimum Gasteiger partial charge on any atom is -0.355 e. The number of nitrogens with zero attached hydrogens (tertiary/aromatic N) is 1. The van der Waals surface area contributed by atoms with Gasteiger partial charge in [-0.05, 0) is 44.0 Å². The van der Waals surface area contributed by atoms with E-state index in [9.17, 15) is 13.6 Å². The second kappa shape index (κ2) is 7.58. The molecule has 6 heteroatoms. The second-order valence-corrected chi connectivity index (χ2v) is 5.64. The van der Waals surface area contributed by atoms with E-state index in [2.05, 4.69) is 10.6 Å². The summed E-state index contributed by atoms with van der Waals surface area (Å²) in [5, 5.41) is 14.2. The van der Waals surface area contributed by atoms with Crippen molar-refractivity contribution in [2.75, 3.05) is 10.6 Å². The number of nitrogens with one attached hydrogen (secondary N) is 2. The van der Waals surface area contributed by atoms with E-state index < -0.39 is 23.2 Å². The van der Waals surface area contributed by atoms with Crippen molar-refractivity contribution < 1.29 is 13.6 Å². The van der Waals surface area contributed by atoms with Crippen molar-refractivity contribution in [2.45, 2.75) is 20.8 Å². The molecule has 2 N–H and O–H groups in total. The van der Waals surface area contributed by atoms with Crippen molar-refractivity contribution in [1.29, 1.82) is 5.26 Å². The number of carbonyl (C=O) groups is 1. The van der Waals surface area contributed by atoms with Gasteiger partial charge >= 0.3 is 0 Å². The Balaban J connectivity index is 2.24. The molecule has 0 radical (unpaired) electrons. The Labute approximate surface area is 144 Å². The van der Waals surface area contributed by atoms with Gasteiger partial charge in [0.05, 0.1) is 0 Å². The average molecular weight is 341 g/mol. The molecule has 0 aliphatic heterocycles. The number of amides is 1. The number of carbonyl (C=O) groups excluding carboxylic acids is 1. The Morgan fingerprint density at radius 3 is 2.16 bits per heavy atom. The van der Waals surface area contributed by atoms with Crippen molar-refractivity contribution in [1.82, 2.24) is 0 Å². The zero-order valence-corrected chi connectivity index (χ0v) is 14.1. The number of nitriles is 1. The maximum absolute atomic E-state index is 13.6. The fraction of sp³-hybridized carbons (Fsp3) is 0.158. The minimum absolute atomic E-state index is 0.304. The molecule has 0 unspecified atom stereocenters. The predicted molar refractivity (Wildman–Crippen MR) is 93.0 cm³/mol. The first-order valence-electron chi connectivity index (χ1n) is 7.53. The van der Waals surface area contributed by atoms with Crippen molar-refractivity contribution in [2.24, 2.45) is 0 Å². The second-order valence-electron chi connectivity index (χ2n) is 5.64. The van der Waals surface area contributed by atoms with Gasteiger partial charge in [0.1, 0.15) is 29.0 Å². The topological polar surface area (TPSA) is 64.9 Å². The third-order valence-electron chi connectivity index (χ3n) is 3.60. The average Bonchev–Trinajstić information content (AvgIpc) is 2.53. The number of hydrogen-bond donors (Lipinski definition) is 2. The van der Waals surface area contributed by atoms with Crippen LogP contribution in [0.2, 0.25) is 0 Å². The molecule has 0 heterocycles. The van der Waals surface area contributed by atoms with Crippen molar-refractivity contribution in [3.63, 3.8) is 0 Å². The van der Waals surface area contributed by atoms with Gasteiger partial charge in [0.25, 0.3) is 5.91 Å². The highest BCUT2D eigenvalue weighted by Gasteiger charge is 2.14. The van der Waals surface area contributed by atoms with Crippen LogP contribution in [0.5, 0.6) is 0 Å². The van der Waals surface area contributed by atoms with Crippen molar-refractivity contribution in [3.8, 4) is 6.07 Å². The van der Waals surface area contributed by atoms with Gasteiger partial charge in [-0.3, -0.25) is 4.79 Å². The van der Waals surface area contributed by atoms with E-state index in [1.165, 1.54) is 6.07 Å². The third kappa shape index (κ3) is 4.21. The molecular formula is C19H17F2N3O. The minimum atomic E-state index is -0.820. The van der Waals surface area contributed by atoms with Gasteiger partial charge < -0.3 is 10.6 Å². The summed E-state index contributed by atoms with van der Waals surface area (Å²) in [4.78, 5) is 12.3. The SMILES string of the molecule is Cc1cc(C)c(NC(=O)/C(C#N)=C\Nc2c(F)cccc2F)c(C)c1. The highest BCUT2D eigenvalue weighted by Crippen LogP contribution is 2.23. The molecule has 0 bridgehead atoms. The summed E-state index contributed by atoms with van der Waals surface area (Å²) in [6.07, 6.45) is 0.982. The van der Waals surface area contributed by atoms with Gasteiger partial charge in [-0.25, -0.2) is 8.78 Å². The quantitative estimate of drug-likeness (QED) is 0.642. The molecule has 128 valence electrons. The molecule has 25 heavy (non-hydrogen) atoms. The molecule has 0 aliphatic carbocycles. The fourth-order valence-corrected chi connectivity index (χ4v) is 2.49. The summed E-state index contributed by atoms with van der Waals surface area (Å²) >= 11 is 0. The number of benzene rings is 2. The van der Waals surface area contributed by atoms with Crippen molar-refractivity contribution in [3.05, 3.63) is 70.4 Å². The largest absolute Gasteiger partial charge is 0.355 e. The number of anilines is 2. The molecule has 2 rings (SSSR count). The van der Waals surface area contributed by atoms with E-state index in [-0.39, 0.29) is 5.57 Å². The normalized spacial score (nSPS) is 11.0. The maximum Gasteiger partial charge on any atom is 0.267 e. The molecule has 2 aromatic carbocycles. The van der Waals surface area contributed by atoms with E-state index in [0.29, 0.717) is 5.69 Å². The Kier molecular flexibility index (Phi) is 5.50. The van der Waals surface area contributed by atoms with Gasteiger partial charge in [0, 0.05) is 11.9 Å². The van der Waals surface area contributed by atoms with Crippen LogP contribution < -0.4 is 10.6 Å². The molecule has 4 nitrogen and oxygen atoms in total. The Hall–Kier alpha value is -3.20. The van der Waals surface area contributed by atoms with Crippen LogP contribution in [0.3, 0.4) is 0 Å². The highest BCUT2D eigenvalue weighted by molar-refractivity contribution is 6.07. The van der Waals surface area contributed by atoms with E-state index in [1.54, 1.807) is 6.07 Å². The van der Waals surface area contributed by atoms with Gasteiger partial charge in [0.15, 0.2) is 0 Å². The predicted octanol–water partition coefficient (Wildman–Crippen LogP) is 4.35. The van der Waals surface area contributed by atoms with E-state index in [1.807, 2.05) is 32.9 Å². The monoisotopic (exact) mass is 341 g/mol. The summed E-state index contributed by atoms with van der Waals surface area (Å²) in [6.45, 7) is 5.63. The number of para-hydroxylation sites is 1. The molecular weight excluding hydrogens is 324 g/mol. The van der Waals surface area contributed by atoms with E-state index >= 15 is 0 Å². The van der Waals surface area contributed by atoms with Crippen molar-refractivity contribution >= 4 is 17.3 Å². The first kappa shape index (κ1) is 18.1. The maximum atomic E-state index is 13.6. The molecule has 0 aliphatic rings. The number of halogens is 2. The Bertz CT molecular complexity index is 855. The number of aryl methyl sites for hydroxylation is 3. The standard InChI is InChI=1S/C19H17F2N3O/c1-11-7-12(2)17(13(3)8-11)24-19(25)14(9-22)10-23-18-15(20)5-4-6-16(18)21/h4-8,10,23H,1-3H3,(H,24,25)/b14-10-. The molecule has 0 spiro atoms. The molecule has 1 amide bonds. The lowest BCUT2D eigenvalue weighted by atomic mass is 10.0. The molecule has 2 aromatic rings. The highest BCUT2D eigenvalue weighted by atomic mass is 19.1. The van der Waals surface area contributed by atoms with Crippen LogP contribution >= 0.6 is 0 Å². The van der Waals surface area contributed by atoms with Crippen LogP contribution in [0.15, 0.2) is 42.1 Å². The molecule has 0 saturated heterocycles. The fourth-order valence-electron chi connectivity index (χ4n) is 2.49. The lowest BCUT2D eigenvalue weighted by Crippen LogP contribution is -2.16. The lowest BCUT2D eigenvalue weighted by Gasteiger charge is -2.12. The summed E-state index contributed by atoms with van der Waals surface area (Å²) in [7, 11) is 0. The summed E-state index contributed by atoms with van der Waals surface area (Å²) in [5.41, 5.74) is 2.65. The van der Waals surface area contributed by atoms with Crippen LogP contribution in [0, 0.1) is 43.7 Å². The molecule has 0 saturated carbocycles. The van der Waals surface area contributed by atoms with Gasteiger partial charge in [-0.1, -0.05) is 23.8 Å². The summed E-state index contributed by atoms with van der Waals surface area (Å²) in [6, 6.07) is 8.91. The van der Waals surface area contributed by atoms with Crippen LogP contribution in [0.1, 0.15) is 16.7 Å². The smallest absolute Gasteiger partial charge is 0.267 e. The zero-order chi connectivity index (χ0) is 18.6. The van der Waals surface area contributed by atoms with Gasteiger partial charge in [-0.15, -0.1) is 0 Å². The van der Waals surface area contributed by atoms with E-state index in [4.69, 9.17) is 5.26 Å². The zero-order valence-electron chi connectivity index (χ0n) is 14.1. The Morgan fingerprint density at radius 1 is 1.08 bits per heavy atom. The van der Waals surface area contributed by atoms with Crippen LogP contribution in [0.4, 0.5) is 20.2 Å². The van der Waals surface area contributed by atoms with Gasteiger partial charge in [-0.2, -0.15) is 5.26 Å². The summed E-state index contributed by atoms with van der Waals surface area (Å²) in [5.74, 6) is -2.31. The summed E-state index contributed by atoms with van der Waals surface area (Å²) < 4.78 is 27.2. The number of rotatable bonds is 4. The van der Waals surface area contributed by atoms with Gasteiger partial charge in [0.2, 0.25) is 0 Å². The molecule has 0 fully saturated rings. The van der Waals surface area contributed by atoms with Crippen LogP contribution in [0.25, 0.3) is 0 Å². The van der Waals surface area contributed by atoms with E-state index in [0.717, 1.165) is 35.0 Å². The lowest BCUT2D eigenvalue weighted by molar-refractivity contribution is -0.112. The first-order chi connectivity index (χ1) is 11.8. The number of hydrogen-bond acceptors (Lipinski definition) is 3. The molecule has 0 atom stereocenters. The van der Waals surface area contributed by atoms with Crippen LogP contribution in [-0.2, 0) is 4.79 Å². The Morgan fingerprint density at radius 2 is 1.64 bits per heavy atom. The third-order valence-corrected chi connectivity index (χ3v) is 3.60. The molecule has 0 aromatic heterocycles. The van der Waals surface area contributed by atoms with Crippen LogP contribution in [-0.4, -0.2) is 5.91 Å².